The third-order valence-corrected chi connectivity index (χ3v) is 3.44. The Morgan fingerprint density at radius 2 is 2.00 bits per heavy atom. The number of nitrogens with one attached hydrogen (secondary N) is 1. The van der Waals surface area contributed by atoms with Crippen LogP contribution in [0.5, 0.6) is 0 Å². The lowest BCUT2D eigenvalue weighted by Crippen LogP contribution is -2.35. The van der Waals surface area contributed by atoms with Crippen LogP contribution >= 0.6 is 0 Å². The lowest BCUT2D eigenvalue weighted by molar-refractivity contribution is -0.119. The molecule has 2 rings (SSSR count). The second-order valence-corrected chi connectivity index (χ2v) is 4.57. The van der Waals surface area contributed by atoms with Gasteiger partial charge in [-0.15, -0.1) is 0 Å². The van der Waals surface area contributed by atoms with Gasteiger partial charge >= 0.3 is 0 Å². The molecule has 2 N–H and O–H groups in total. The smallest absolute Gasteiger partial charge is 0.286 e. The van der Waals surface area contributed by atoms with Crippen LogP contribution in [0.3, 0.4) is 0 Å². The molecule has 1 atom stereocenters. The summed E-state index contributed by atoms with van der Waals surface area (Å²) in [5.41, 5.74) is 0. The van der Waals surface area contributed by atoms with Gasteiger partial charge in [-0.3, -0.25) is 4.79 Å². The van der Waals surface area contributed by atoms with E-state index in [4.69, 9.17) is 0 Å². The van der Waals surface area contributed by atoms with Crippen LogP contribution < -0.4 is 5.32 Å². The van der Waals surface area contributed by atoms with Gasteiger partial charge in [0.05, 0.1) is 6.04 Å². The first-order valence-electron chi connectivity index (χ1n) is 5.38. The molecule has 1 aliphatic carbocycles. The predicted molar refractivity (Wildman–Crippen MR) is 53.8 cm³/mol. The molecule has 1 unspecified atom stereocenters. The maximum atomic E-state index is 11.1. The fraction of sp³-hybridized carbons (Fsp3) is 0.727. The van der Waals surface area contributed by atoms with E-state index in [0.29, 0.717) is 5.92 Å². The molecule has 0 aromatic heterocycles. The van der Waals surface area contributed by atoms with Crippen molar-refractivity contribution in [2.45, 2.75) is 38.6 Å². The Bertz CT molecular complexity index is 264. The molecule has 0 aromatic carbocycles. The Kier molecular flexibility index (Phi) is 2.48. The van der Waals surface area contributed by atoms with E-state index < -0.39 is 0 Å². The number of aliphatic hydroxyl groups excluding tert-OH is 1. The summed E-state index contributed by atoms with van der Waals surface area (Å²) >= 11 is 0. The molecule has 2 aliphatic rings. The fourth-order valence-corrected chi connectivity index (χ4v) is 2.41. The summed E-state index contributed by atoms with van der Waals surface area (Å²) in [5, 5.41) is 12.0. The van der Waals surface area contributed by atoms with Gasteiger partial charge in [0.15, 0.2) is 5.76 Å². The molecule has 1 fully saturated rings. The average molecular weight is 195 g/mol. The number of rotatable bonds is 1. The molecule has 1 amide bonds. The van der Waals surface area contributed by atoms with Gasteiger partial charge < -0.3 is 10.4 Å². The van der Waals surface area contributed by atoms with E-state index in [1.54, 1.807) is 6.08 Å². The highest BCUT2D eigenvalue weighted by atomic mass is 16.3. The number of carbonyl (C=O) groups is 1. The SMILES string of the molecule is CC1CCC(C2C=C(O)C(=O)N2)CC1. The van der Waals surface area contributed by atoms with Crippen LogP contribution in [0.2, 0.25) is 0 Å². The minimum absolute atomic E-state index is 0.0787. The van der Waals surface area contributed by atoms with Gasteiger partial charge in [0.2, 0.25) is 0 Å². The molecule has 1 saturated carbocycles. The van der Waals surface area contributed by atoms with Crippen molar-refractivity contribution in [3.05, 3.63) is 11.8 Å². The van der Waals surface area contributed by atoms with Crippen molar-refractivity contribution in [3.8, 4) is 0 Å². The van der Waals surface area contributed by atoms with Gasteiger partial charge in [-0.2, -0.15) is 0 Å². The van der Waals surface area contributed by atoms with Crippen LogP contribution in [0.25, 0.3) is 0 Å². The number of hydrogen-bond acceptors (Lipinski definition) is 2. The van der Waals surface area contributed by atoms with Crippen molar-refractivity contribution < 1.29 is 9.90 Å². The van der Waals surface area contributed by atoms with Gasteiger partial charge in [0.1, 0.15) is 0 Å². The summed E-state index contributed by atoms with van der Waals surface area (Å²) < 4.78 is 0. The topological polar surface area (TPSA) is 49.3 Å². The van der Waals surface area contributed by atoms with Crippen molar-refractivity contribution in [1.29, 1.82) is 0 Å². The zero-order chi connectivity index (χ0) is 10.1. The largest absolute Gasteiger partial charge is 0.503 e. The summed E-state index contributed by atoms with van der Waals surface area (Å²) in [6.45, 7) is 2.27. The Balaban J connectivity index is 1.94. The minimum Gasteiger partial charge on any atom is -0.503 e. The van der Waals surface area contributed by atoms with Crippen LogP contribution in [0.4, 0.5) is 0 Å². The third-order valence-electron chi connectivity index (χ3n) is 3.44. The predicted octanol–water partition coefficient (Wildman–Crippen LogP) is 1.75. The normalized spacial score (nSPS) is 37.9. The monoisotopic (exact) mass is 195 g/mol. The number of carbonyl (C=O) groups excluding carboxylic acids is 1. The first-order valence-corrected chi connectivity index (χ1v) is 5.38. The van der Waals surface area contributed by atoms with Crippen molar-refractivity contribution in [2.24, 2.45) is 11.8 Å². The van der Waals surface area contributed by atoms with Crippen LogP contribution in [0.15, 0.2) is 11.8 Å². The maximum absolute atomic E-state index is 11.1. The van der Waals surface area contributed by atoms with Crippen molar-refractivity contribution in [3.63, 3.8) is 0 Å². The Labute approximate surface area is 84.2 Å². The highest BCUT2D eigenvalue weighted by molar-refractivity contribution is 5.93. The zero-order valence-corrected chi connectivity index (χ0v) is 8.49. The van der Waals surface area contributed by atoms with Crippen molar-refractivity contribution >= 4 is 5.91 Å². The lowest BCUT2D eigenvalue weighted by Gasteiger charge is -2.29. The van der Waals surface area contributed by atoms with Gasteiger partial charge in [-0.05, 0) is 30.8 Å². The molecular formula is C11H17NO2. The van der Waals surface area contributed by atoms with Crippen LogP contribution in [0, 0.1) is 11.8 Å². The van der Waals surface area contributed by atoms with Gasteiger partial charge in [-0.25, -0.2) is 0 Å². The molecule has 3 heteroatoms. The second kappa shape index (κ2) is 3.64. The first kappa shape index (κ1) is 9.56. The molecular weight excluding hydrogens is 178 g/mol. The van der Waals surface area contributed by atoms with Crippen LogP contribution in [0.1, 0.15) is 32.6 Å². The highest BCUT2D eigenvalue weighted by Gasteiger charge is 2.31. The molecule has 0 bridgehead atoms. The molecule has 14 heavy (non-hydrogen) atoms. The van der Waals surface area contributed by atoms with E-state index in [2.05, 4.69) is 12.2 Å². The zero-order valence-electron chi connectivity index (χ0n) is 8.49. The molecule has 1 aliphatic heterocycles. The third kappa shape index (κ3) is 1.76. The molecule has 78 valence electrons. The number of hydrogen-bond donors (Lipinski definition) is 2. The molecule has 3 nitrogen and oxygen atoms in total. The van der Waals surface area contributed by atoms with E-state index >= 15 is 0 Å². The molecule has 1 heterocycles. The molecule has 0 saturated heterocycles. The highest BCUT2D eigenvalue weighted by Crippen LogP contribution is 2.32. The minimum atomic E-state index is -0.311. The number of aliphatic hydroxyl groups is 1. The Morgan fingerprint density at radius 3 is 2.50 bits per heavy atom. The van der Waals surface area contributed by atoms with Gasteiger partial charge in [0.25, 0.3) is 5.91 Å². The summed E-state index contributed by atoms with van der Waals surface area (Å²) in [6, 6.07) is 0.0787. The summed E-state index contributed by atoms with van der Waals surface area (Å²) in [4.78, 5) is 11.1. The summed E-state index contributed by atoms with van der Waals surface area (Å²) in [6.07, 6.45) is 6.48. The van der Waals surface area contributed by atoms with E-state index in [0.717, 1.165) is 18.8 Å². The van der Waals surface area contributed by atoms with Gasteiger partial charge in [-0.1, -0.05) is 19.8 Å². The van der Waals surface area contributed by atoms with Crippen LogP contribution in [-0.4, -0.2) is 17.1 Å². The molecule has 0 aromatic rings. The first-order chi connectivity index (χ1) is 6.66. The Hall–Kier alpha value is -0.990. The summed E-state index contributed by atoms with van der Waals surface area (Å²) in [5.74, 6) is 0.933. The van der Waals surface area contributed by atoms with Crippen molar-refractivity contribution in [2.75, 3.05) is 0 Å². The lowest BCUT2D eigenvalue weighted by atomic mass is 9.79. The van der Waals surface area contributed by atoms with Crippen molar-refractivity contribution in [1.82, 2.24) is 5.32 Å². The van der Waals surface area contributed by atoms with E-state index in [1.807, 2.05) is 0 Å². The summed E-state index contributed by atoms with van der Waals surface area (Å²) in [7, 11) is 0. The van der Waals surface area contributed by atoms with E-state index in [9.17, 15) is 9.90 Å². The van der Waals surface area contributed by atoms with Crippen LogP contribution in [-0.2, 0) is 4.79 Å². The second-order valence-electron chi connectivity index (χ2n) is 4.57. The van der Waals surface area contributed by atoms with Gasteiger partial charge in [0, 0.05) is 0 Å². The average Bonchev–Trinajstić information content (AvgIpc) is 2.48. The maximum Gasteiger partial charge on any atom is 0.286 e. The van der Waals surface area contributed by atoms with E-state index in [-0.39, 0.29) is 17.7 Å². The van der Waals surface area contributed by atoms with E-state index in [1.165, 1.54) is 12.8 Å². The number of amides is 1. The fourth-order valence-electron chi connectivity index (χ4n) is 2.41. The molecule has 0 spiro atoms. The molecule has 0 radical (unpaired) electrons. The standard InChI is InChI=1S/C11H17NO2/c1-7-2-4-8(5-3-7)9-6-10(13)11(14)12-9/h6-9,13H,2-5H2,1H3,(H,12,14). The quantitative estimate of drug-likeness (QED) is 0.669. The Morgan fingerprint density at radius 1 is 1.36 bits per heavy atom.